The van der Waals surface area contributed by atoms with E-state index < -0.39 is 11.6 Å². The summed E-state index contributed by atoms with van der Waals surface area (Å²) in [5.74, 6) is -1.33. The number of anilines is 1. The highest BCUT2D eigenvalue weighted by Crippen LogP contribution is 2.38. The number of hydrogen-bond acceptors (Lipinski definition) is 3. The summed E-state index contributed by atoms with van der Waals surface area (Å²) in [5, 5.41) is 6.82. The fourth-order valence-corrected chi connectivity index (χ4v) is 3.37. The van der Waals surface area contributed by atoms with Crippen LogP contribution < -0.4 is 11.1 Å². The average molecular weight is 376 g/mol. The molecule has 9 heteroatoms. The second-order valence-electron chi connectivity index (χ2n) is 6.70. The number of guanidine groups is 1. The first-order valence-corrected chi connectivity index (χ1v) is 8.54. The van der Waals surface area contributed by atoms with Gasteiger partial charge in [0.05, 0.1) is 17.9 Å². The Morgan fingerprint density at radius 3 is 2.81 bits per heavy atom. The van der Waals surface area contributed by atoms with Crippen molar-refractivity contribution in [3.63, 3.8) is 0 Å². The summed E-state index contributed by atoms with van der Waals surface area (Å²) in [6.07, 6.45) is 2.09. The molecule has 1 aliphatic heterocycles. The minimum absolute atomic E-state index is 0.0196. The molecule has 0 saturated carbocycles. The van der Waals surface area contributed by atoms with Crippen molar-refractivity contribution in [1.82, 2.24) is 14.7 Å². The number of halogens is 2. The fourth-order valence-electron chi connectivity index (χ4n) is 3.37. The Morgan fingerprint density at radius 1 is 1.41 bits per heavy atom. The Balaban J connectivity index is 1.76. The number of amides is 1. The number of aliphatic imine (C=N–C) groups is 1. The quantitative estimate of drug-likeness (QED) is 0.631. The van der Waals surface area contributed by atoms with Gasteiger partial charge in [-0.1, -0.05) is 0 Å². The van der Waals surface area contributed by atoms with Gasteiger partial charge in [0.25, 0.3) is 0 Å². The summed E-state index contributed by atoms with van der Waals surface area (Å²) in [4.78, 5) is 18.2. The van der Waals surface area contributed by atoms with Crippen LogP contribution in [0, 0.1) is 24.5 Å². The van der Waals surface area contributed by atoms with Crippen LogP contribution in [0.15, 0.2) is 29.4 Å². The number of aryl methyl sites for hydroxylation is 1. The highest BCUT2D eigenvalue weighted by molar-refractivity contribution is 5.92. The minimum Gasteiger partial charge on any atom is -0.370 e. The van der Waals surface area contributed by atoms with Gasteiger partial charge in [0.15, 0.2) is 5.96 Å². The lowest BCUT2D eigenvalue weighted by molar-refractivity contribution is -0.127. The molecule has 1 aromatic heterocycles. The van der Waals surface area contributed by atoms with Crippen LogP contribution in [0.5, 0.6) is 0 Å². The number of likely N-dealkylation sites (tertiary alicyclic amines) is 1. The maximum Gasteiger partial charge on any atom is 0.223 e. The highest BCUT2D eigenvalue weighted by atomic mass is 19.1. The van der Waals surface area contributed by atoms with Crippen molar-refractivity contribution in [2.75, 3.05) is 18.9 Å². The molecular weight excluding hydrogens is 354 g/mol. The largest absolute Gasteiger partial charge is 0.370 e. The number of carbonyl (C=O) groups excluding carboxylic acids is 1. The first-order chi connectivity index (χ1) is 12.8. The molecule has 1 saturated heterocycles. The van der Waals surface area contributed by atoms with Crippen LogP contribution in [0.4, 0.5) is 14.5 Å². The third kappa shape index (κ3) is 3.76. The number of carbonyl (C=O) groups is 1. The summed E-state index contributed by atoms with van der Waals surface area (Å²) in [5.41, 5.74) is 7.68. The molecule has 0 unspecified atom stereocenters. The predicted molar refractivity (Wildman–Crippen MR) is 98.0 cm³/mol. The first kappa shape index (κ1) is 18.8. The van der Waals surface area contributed by atoms with E-state index in [9.17, 15) is 13.6 Å². The van der Waals surface area contributed by atoms with Gasteiger partial charge in [0.2, 0.25) is 5.91 Å². The number of aromatic nitrogens is 2. The Morgan fingerprint density at radius 2 is 2.15 bits per heavy atom. The number of rotatable bonds is 4. The maximum atomic E-state index is 13.7. The minimum atomic E-state index is -0.630. The number of hydrogen-bond donors (Lipinski definition) is 2. The summed E-state index contributed by atoms with van der Waals surface area (Å²) >= 11 is 0. The first-order valence-electron chi connectivity index (χ1n) is 8.54. The molecule has 1 amide bonds. The molecule has 3 rings (SSSR count). The molecule has 1 aliphatic rings. The molecule has 144 valence electrons. The van der Waals surface area contributed by atoms with Gasteiger partial charge in [-0.2, -0.15) is 5.10 Å². The maximum absolute atomic E-state index is 13.7. The lowest BCUT2D eigenvalue weighted by Crippen LogP contribution is -2.27. The van der Waals surface area contributed by atoms with Gasteiger partial charge in [-0.15, -0.1) is 0 Å². The van der Waals surface area contributed by atoms with Crippen LogP contribution in [0.1, 0.15) is 23.7 Å². The number of nitrogens with zero attached hydrogens (tertiary/aromatic N) is 4. The SMILES string of the molecule is Cc1c([C@H]2[C@H](CN=C(N)Nc3cc(F)ccc3F)CC(=O)N2C)cnn1C. The Kier molecular flexibility index (Phi) is 5.11. The molecule has 0 spiro atoms. The van der Waals surface area contributed by atoms with Crippen molar-refractivity contribution in [2.24, 2.45) is 23.7 Å². The van der Waals surface area contributed by atoms with Crippen molar-refractivity contribution < 1.29 is 13.6 Å². The topological polar surface area (TPSA) is 88.5 Å². The van der Waals surface area contributed by atoms with E-state index in [-0.39, 0.29) is 36.1 Å². The molecule has 0 radical (unpaired) electrons. The van der Waals surface area contributed by atoms with Gasteiger partial charge in [-0.05, 0) is 19.1 Å². The van der Waals surface area contributed by atoms with Crippen LogP contribution in [0.2, 0.25) is 0 Å². The standard InChI is InChI=1S/C18H22F2N6O/c1-10-13(9-23-26(10)3)17-11(6-16(27)25(17)2)8-22-18(21)24-15-7-12(19)4-5-14(15)20/h4-5,7,9,11,17H,6,8H2,1-3H3,(H3,21,22,24)/t11-,17+/m0/s1. The van der Waals surface area contributed by atoms with Gasteiger partial charge in [-0.3, -0.25) is 14.5 Å². The number of nitrogens with two attached hydrogens (primary N) is 1. The Bertz CT molecular complexity index is 894. The average Bonchev–Trinajstić information content (AvgIpc) is 3.09. The van der Waals surface area contributed by atoms with Gasteiger partial charge in [-0.25, -0.2) is 8.78 Å². The van der Waals surface area contributed by atoms with Crippen molar-refractivity contribution >= 4 is 17.6 Å². The molecule has 27 heavy (non-hydrogen) atoms. The third-order valence-corrected chi connectivity index (χ3v) is 4.97. The van der Waals surface area contributed by atoms with E-state index in [1.807, 2.05) is 14.0 Å². The van der Waals surface area contributed by atoms with E-state index in [1.165, 1.54) is 0 Å². The summed E-state index contributed by atoms with van der Waals surface area (Å²) in [7, 11) is 3.60. The summed E-state index contributed by atoms with van der Waals surface area (Å²) < 4.78 is 28.7. The molecule has 0 aliphatic carbocycles. The number of nitrogens with one attached hydrogen (secondary N) is 1. The van der Waals surface area contributed by atoms with Gasteiger partial charge >= 0.3 is 0 Å². The van der Waals surface area contributed by atoms with Crippen LogP contribution in [0.25, 0.3) is 0 Å². The zero-order valence-corrected chi connectivity index (χ0v) is 15.4. The van der Waals surface area contributed by atoms with E-state index in [0.29, 0.717) is 6.42 Å². The predicted octanol–water partition coefficient (Wildman–Crippen LogP) is 1.95. The molecule has 0 bridgehead atoms. The zero-order valence-electron chi connectivity index (χ0n) is 15.4. The van der Waals surface area contributed by atoms with Crippen molar-refractivity contribution in [3.05, 3.63) is 47.3 Å². The molecule has 3 N–H and O–H groups in total. The Hall–Kier alpha value is -2.97. The van der Waals surface area contributed by atoms with Crippen LogP contribution in [-0.4, -0.2) is 40.1 Å². The fraction of sp³-hybridized carbons (Fsp3) is 0.389. The molecule has 7 nitrogen and oxygen atoms in total. The second-order valence-corrected chi connectivity index (χ2v) is 6.70. The van der Waals surface area contributed by atoms with E-state index in [0.717, 1.165) is 29.5 Å². The lowest BCUT2D eigenvalue weighted by atomic mass is 9.94. The monoisotopic (exact) mass is 376 g/mol. The van der Waals surface area contributed by atoms with E-state index in [2.05, 4.69) is 15.4 Å². The number of benzene rings is 1. The zero-order chi connectivity index (χ0) is 19.7. The van der Waals surface area contributed by atoms with E-state index in [1.54, 1.807) is 22.8 Å². The van der Waals surface area contributed by atoms with E-state index >= 15 is 0 Å². The molecular formula is C18H22F2N6O. The van der Waals surface area contributed by atoms with Crippen molar-refractivity contribution in [1.29, 1.82) is 0 Å². The lowest BCUT2D eigenvalue weighted by Gasteiger charge is -2.24. The van der Waals surface area contributed by atoms with Crippen molar-refractivity contribution in [2.45, 2.75) is 19.4 Å². The van der Waals surface area contributed by atoms with E-state index in [4.69, 9.17) is 5.73 Å². The smallest absolute Gasteiger partial charge is 0.223 e. The molecule has 1 aromatic carbocycles. The molecule has 2 atom stereocenters. The Labute approximate surface area is 155 Å². The van der Waals surface area contributed by atoms with Gasteiger partial charge in [0.1, 0.15) is 11.6 Å². The van der Waals surface area contributed by atoms with Gasteiger partial charge < -0.3 is 16.0 Å². The second kappa shape index (κ2) is 7.34. The molecule has 2 heterocycles. The van der Waals surface area contributed by atoms with Crippen LogP contribution >= 0.6 is 0 Å². The van der Waals surface area contributed by atoms with Gasteiger partial charge in [0, 0.05) is 50.3 Å². The highest BCUT2D eigenvalue weighted by Gasteiger charge is 2.39. The van der Waals surface area contributed by atoms with Crippen LogP contribution in [0.3, 0.4) is 0 Å². The normalized spacial score (nSPS) is 20.4. The molecule has 2 aromatic rings. The summed E-state index contributed by atoms with van der Waals surface area (Å²) in [6.45, 7) is 2.22. The van der Waals surface area contributed by atoms with Crippen molar-refractivity contribution in [3.8, 4) is 0 Å². The van der Waals surface area contributed by atoms with Crippen LogP contribution in [-0.2, 0) is 11.8 Å². The third-order valence-electron chi connectivity index (χ3n) is 4.97. The summed E-state index contributed by atoms with van der Waals surface area (Å²) in [6, 6.07) is 2.88. The molecule has 1 fully saturated rings.